The lowest BCUT2D eigenvalue weighted by atomic mass is 9.76. The Labute approximate surface area is 202 Å². The summed E-state index contributed by atoms with van der Waals surface area (Å²) < 4.78 is 73.6. The Kier molecular flexibility index (Phi) is 7.48. The maximum Gasteiger partial charge on any atom is 0.395 e. The Bertz CT molecular complexity index is 1140. The van der Waals surface area contributed by atoms with Crippen molar-refractivity contribution in [3.63, 3.8) is 0 Å². The van der Waals surface area contributed by atoms with Crippen LogP contribution in [-0.2, 0) is 6.42 Å². The molecule has 1 fully saturated rings. The highest BCUT2D eigenvalue weighted by Crippen LogP contribution is 2.41. The number of hydrogen-bond donors (Lipinski definition) is 0. The topological polar surface area (TPSA) is 9.23 Å². The van der Waals surface area contributed by atoms with Gasteiger partial charge in [-0.05, 0) is 84.4 Å². The van der Waals surface area contributed by atoms with Gasteiger partial charge in [-0.25, -0.2) is 13.2 Å². The molecule has 0 saturated heterocycles. The number of alkyl halides is 2. The minimum atomic E-state index is -3.74. The van der Waals surface area contributed by atoms with Gasteiger partial charge in [-0.15, -0.1) is 0 Å². The summed E-state index contributed by atoms with van der Waals surface area (Å²) in [4.78, 5) is 0. The minimum absolute atomic E-state index is 0.00205. The number of hydrogen-bond acceptors (Lipinski definition) is 1. The first kappa shape index (κ1) is 25.2. The van der Waals surface area contributed by atoms with Gasteiger partial charge in [0.15, 0.2) is 17.4 Å². The minimum Gasteiger partial charge on any atom is -0.426 e. The van der Waals surface area contributed by atoms with Gasteiger partial charge < -0.3 is 4.74 Å². The molecule has 3 aromatic carbocycles. The summed E-state index contributed by atoms with van der Waals surface area (Å²) in [6.07, 6.45) is 2.36. The molecule has 1 nitrogen and oxygen atoms in total. The molecular weight excluding hydrogens is 459 g/mol. The molecule has 0 bridgehead atoms. The van der Waals surface area contributed by atoms with Crippen molar-refractivity contribution in [2.45, 2.75) is 70.3 Å². The molecule has 0 amide bonds. The predicted molar refractivity (Wildman–Crippen MR) is 127 cm³/mol. The monoisotopic (exact) mass is 488 g/mol. The van der Waals surface area contributed by atoms with Crippen molar-refractivity contribution in [2.24, 2.45) is 0 Å². The molecule has 1 aliphatic carbocycles. The summed E-state index contributed by atoms with van der Waals surface area (Å²) in [6.45, 7) is 2.55. The average Bonchev–Trinajstić information content (AvgIpc) is 2.81. The summed E-state index contributed by atoms with van der Waals surface area (Å²) in [6, 6.07) is 15.2. The molecule has 0 atom stereocenters. The van der Waals surface area contributed by atoms with Gasteiger partial charge in [-0.2, -0.15) is 8.78 Å². The van der Waals surface area contributed by atoms with E-state index in [0.717, 1.165) is 56.2 Å². The highest BCUT2D eigenvalue weighted by molar-refractivity contribution is 5.66. The summed E-state index contributed by atoms with van der Waals surface area (Å²) in [5.74, 6) is -3.71. The fourth-order valence-corrected chi connectivity index (χ4v) is 5.02. The zero-order valence-electron chi connectivity index (χ0n) is 19.9. The molecule has 0 aromatic heterocycles. The standard InChI is InChI=1S/C29H29F5O/c1-3-4-18-5-7-19(8-6-18)20-9-11-21(12-10-20)22-13-14-24(25(30)15-22)23-16-26(31)28(27(32)17-23)35-29(2,33)34/h5-8,13-17,20-21H,3-4,9-12H2,1-2H3. The Morgan fingerprint density at radius 1 is 0.771 bits per heavy atom. The van der Waals surface area contributed by atoms with Gasteiger partial charge in [0.25, 0.3) is 0 Å². The van der Waals surface area contributed by atoms with E-state index in [-0.39, 0.29) is 17.0 Å². The lowest BCUT2D eigenvalue weighted by Gasteiger charge is -2.29. The Morgan fingerprint density at radius 2 is 1.31 bits per heavy atom. The van der Waals surface area contributed by atoms with Gasteiger partial charge in [0.2, 0.25) is 0 Å². The normalized spacial score (nSPS) is 18.5. The number of benzene rings is 3. The van der Waals surface area contributed by atoms with E-state index in [1.165, 1.54) is 23.3 Å². The van der Waals surface area contributed by atoms with Crippen LogP contribution in [0.1, 0.15) is 74.5 Å². The average molecular weight is 489 g/mol. The van der Waals surface area contributed by atoms with Crippen LogP contribution >= 0.6 is 0 Å². The van der Waals surface area contributed by atoms with Crippen LogP contribution in [0.4, 0.5) is 22.0 Å². The van der Waals surface area contributed by atoms with Crippen molar-refractivity contribution in [2.75, 3.05) is 0 Å². The lowest BCUT2D eigenvalue weighted by molar-refractivity contribution is -0.162. The third-order valence-electron chi connectivity index (χ3n) is 6.77. The van der Waals surface area contributed by atoms with Gasteiger partial charge in [-0.1, -0.05) is 49.7 Å². The van der Waals surface area contributed by atoms with Crippen LogP contribution in [0.3, 0.4) is 0 Å². The van der Waals surface area contributed by atoms with Gasteiger partial charge in [-0.3, -0.25) is 0 Å². The van der Waals surface area contributed by atoms with E-state index in [0.29, 0.717) is 12.8 Å². The van der Waals surface area contributed by atoms with E-state index in [2.05, 4.69) is 35.9 Å². The van der Waals surface area contributed by atoms with Crippen LogP contribution in [0.15, 0.2) is 54.6 Å². The van der Waals surface area contributed by atoms with Crippen LogP contribution < -0.4 is 4.74 Å². The van der Waals surface area contributed by atoms with Crippen LogP contribution in [0.5, 0.6) is 5.75 Å². The van der Waals surface area contributed by atoms with Crippen molar-refractivity contribution in [1.29, 1.82) is 0 Å². The first-order chi connectivity index (χ1) is 16.6. The number of ether oxygens (including phenoxy) is 1. The second-order valence-electron chi connectivity index (χ2n) is 9.46. The van der Waals surface area contributed by atoms with E-state index in [1.807, 2.05) is 0 Å². The first-order valence-corrected chi connectivity index (χ1v) is 12.1. The number of halogens is 5. The molecule has 35 heavy (non-hydrogen) atoms. The molecule has 0 N–H and O–H groups in total. The van der Waals surface area contributed by atoms with Crippen molar-refractivity contribution in [3.05, 3.63) is 88.7 Å². The highest BCUT2D eigenvalue weighted by atomic mass is 19.3. The summed E-state index contributed by atoms with van der Waals surface area (Å²) in [5.41, 5.74) is 3.48. The molecule has 0 aliphatic heterocycles. The smallest absolute Gasteiger partial charge is 0.395 e. The summed E-state index contributed by atoms with van der Waals surface area (Å²) in [5, 5.41) is 0. The third kappa shape index (κ3) is 6.03. The molecule has 6 heteroatoms. The maximum absolute atomic E-state index is 15.0. The van der Waals surface area contributed by atoms with Crippen LogP contribution in [0, 0.1) is 17.5 Å². The Morgan fingerprint density at radius 3 is 1.83 bits per heavy atom. The fraction of sp³-hybridized carbons (Fsp3) is 0.379. The zero-order chi connectivity index (χ0) is 25.2. The molecule has 0 unspecified atom stereocenters. The molecule has 186 valence electrons. The molecule has 0 spiro atoms. The van der Waals surface area contributed by atoms with Crippen LogP contribution in [0.25, 0.3) is 11.1 Å². The molecule has 1 aliphatic rings. The molecule has 1 saturated carbocycles. The second kappa shape index (κ2) is 10.4. The Balaban J connectivity index is 1.45. The van der Waals surface area contributed by atoms with Crippen molar-refractivity contribution >= 4 is 0 Å². The van der Waals surface area contributed by atoms with Crippen molar-refractivity contribution in [1.82, 2.24) is 0 Å². The van der Waals surface area contributed by atoms with Gasteiger partial charge in [0.05, 0.1) is 0 Å². The summed E-state index contributed by atoms with van der Waals surface area (Å²) >= 11 is 0. The van der Waals surface area contributed by atoms with Gasteiger partial charge in [0, 0.05) is 12.5 Å². The van der Waals surface area contributed by atoms with E-state index >= 15 is 0 Å². The molecule has 0 heterocycles. The Hall–Kier alpha value is -2.89. The SMILES string of the molecule is CCCc1ccc(C2CCC(c3ccc(-c4cc(F)c(OC(C)(F)F)c(F)c4)c(F)c3)CC2)cc1. The van der Waals surface area contributed by atoms with Gasteiger partial charge in [0.1, 0.15) is 5.82 Å². The van der Waals surface area contributed by atoms with E-state index in [4.69, 9.17) is 0 Å². The van der Waals surface area contributed by atoms with Crippen molar-refractivity contribution < 1.29 is 26.7 Å². The maximum atomic E-state index is 15.0. The van der Waals surface area contributed by atoms with E-state index < -0.39 is 29.3 Å². The van der Waals surface area contributed by atoms with E-state index in [9.17, 15) is 22.0 Å². The molecule has 0 radical (unpaired) electrons. The predicted octanol–water partition coefficient (Wildman–Crippen LogP) is 9.16. The number of rotatable bonds is 7. The van der Waals surface area contributed by atoms with Crippen LogP contribution in [-0.4, -0.2) is 6.11 Å². The third-order valence-corrected chi connectivity index (χ3v) is 6.77. The zero-order valence-corrected chi connectivity index (χ0v) is 19.9. The second-order valence-corrected chi connectivity index (χ2v) is 9.46. The fourth-order valence-electron chi connectivity index (χ4n) is 5.02. The number of aryl methyl sites for hydroxylation is 1. The molecule has 3 aromatic rings. The summed E-state index contributed by atoms with van der Waals surface area (Å²) in [7, 11) is 0. The largest absolute Gasteiger partial charge is 0.426 e. The van der Waals surface area contributed by atoms with Crippen LogP contribution in [0.2, 0.25) is 0 Å². The first-order valence-electron chi connectivity index (χ1n) is 12.1. The molecular formula is C29H29F5O. The van der Waals surface area contributed by atoms with Crippen molar-refractivity contribution in [3.8, 4) is 16.9 Å². The molecule has 4 rings (SSSR count). The highest BCUT2D eigenvalue weighted by Gasteiger charge is 2.28. The van der Waals surface area contributed by atoms with Gasteiger partial charge >= 0.3 is 6.11 Å². The lowest BCUT2D eigenvalue weighted by Crippen LogP contribution is -2.20. The quantitative estimate of drug-likeness (QED) is 0.301. The van der Waals surface area contributed by atoms with E-state index in [1.54, 1.807) is 6.07 Å².